The monoisotopic (exact) mass is 306 g/mol. The van der Waals surface area contributed by atoms with Crippen molar-refractivity contribution < 1.29 is 0 Å². The van der Waals surface area contributed by atoms with Crippen molar-refractivity contribution in [3.05, 3.63) is 47.0 Å². The molecule has 0 saturated carbocycles. The first-order valence-corrected chi connectivity index (χ1v) is 7.86. The number of aryl methyl sites for hydroxylation is 1. The molecule has 0 aliphatic heterocycles. The molecule has 0 bridgehead atoms. The van der Waals surface area contributed by atoms with Gasteiger partial charge in [-0.2, -0.15) is 5.10 Å². The third-order valence-corrected chi connectivity index (χ3v) is 3.82. The Morgan fingerprint density at radius 1 is 1.29 bits per heavy atom. The van der Waals surface area contributed by atoms with E-state index in [0.717, 1.165) is 30.1 Å². The van der Waals surface area contributed by atoms with Crippen LogP contribution < -0.4 is 5.32 Å². The molecule has 1 N–H and O–H groups in total. The summed E-state index contributed by atoms with van der Waals surface area (Å²) in [6.07, 6.45) is 7.38. The maximum absolute atomic E-state index is 6.37. The zero-order valence-corrected chi connectivity index (χ0v) is 13.6. The van der Waals surface area contributed by atoms with Gasteiger partial charge in [-0.05, 0) is 50.9 Å². The Kier molecular flexibility index (Phi) is 5.76. The van der Waals surface area contributed by atoms with Crippen molar-refractivity contribution in [2.75, 3.05) is 6.54 Å². The van der Waals surface area contributed by atoms with Crippen LogP contribution in [0.25, 0.3) is 0 Å². The molecule has 1 unspecified atom stereocenters. The topological polar surface area (TPSA) is 42.7 Å². The van der Waals surface area contributed by atoms with Gasteiger partial charge in [0.15, 0.2) is 0 Å². The van der Waals surface area contributed by atoms with Gasteiger partial charge in [0, 0.05) is 18.4 Å². The van der Waals surface area contributed by atoms with Crippen LogP contribution in [-0.2, 0) is 6.42 Å². The van der Waals surface area contributed by atoms with Gasteiger partial charge in [0.25, 0.3) is 0 Å². The normalized spacial score (nSPS) is 12.8. The van der Waals surface area contributed by atoms with Gasteiger partial charge in [-0.25, -0.2) is 0 Å². The van der Waals surface area contributed by atoms with Gasteiger partial charge in [0.05, 0.1) is 23.0 Å². The molecule has 21 heavy (non-hydrogen) atoms. The lowest BCUT2D eigenvalue weighted by Crippen LogP contribution is -2.25. The number of nitrogens with zero attached hydrogens (tertiary/aromatic N) is 3. The lowest BCUT2D eigenvalue weighted by atomic mass is 10.0. The first kappa shape index (κ1) is 16.0. The number of halogens is 1. The molecule has 2 aromatic rings. The highest BCUT2D eigenvalue weighted by molar-refractivity contribution is 6.31. The molecule has 0 radical (unpaired) electrons. The van der Waals surface area contributed by atoms with E-state index in [1.807, 2.05) is 17.1 Å². The van der Waals surface area contributed by atoms with Crippen LogP contribution >= 0.6 is 11.6 Å². The summed E-state index contributed by atoms with van der Waals surface area (Å²) in [6.45, 7) is 7.27. The number of nitrogens with one attached hydrogen (secondary N) is 1. The van der Waals surface area contributed by atoms with E-state index in [-0.39, 0.29) is 6.04 Å². The highest BCUT2D eigenvalue weighted by Crippen LogP contribution is 2.28. The molecule has 0 saturated heterocycles. The van der Waals surface area contributed by atoms with Crippen molar-refractivity contribution in [1.82, 2.24) is 20.1 Å². The molecule has 1 atom stereocenters. The first-order chi connectivity index (χ1) is 10.1. The fourth-order valence-electron chi connectivity index (χ4n) is 2.53. The molecule has 114 valence electrons. The second kappa shape index (κ2) is 7.57. The zero-order chi connectivity index (χ0) is 15.2. The van der Waals surface area contributed by atoms with E-state index in [0.29, 0.717) is 6.04 Å². The van der Waals surface area contributed by atoms with Crippen LogP contribution in [0, 0.1) is 0 Å². The Balaban J connectivity index is 2.17. The zero-order valence-electron chi connectivity index (χ0n) is 12.9. The lowest BCUT2D eigenvalue weighted by Gasteiger charge is -2.21. The van der Waals surface area contributed by atoms with Crippen LogP contribution in [0.5, 0.6) is 0 Å². The third-order valence-electron chi connectivity index (χ3n) is 3.53. The molecular weight excluding hydrogens is 284 g/mol. The van der Waals surface area contributed by atoms with Crippen molar-refractivity contribution in [3.8, 4) is 0 Å². The molecule has 5 heteroatoms. The Bertz CT molecular complexity index is 551. The van der Waals surface area contributed by atoms with E-state index in [1.165, 1.54) is 5.56 Å². The van der Waals surface area contributed by atoms with Gasteiger partial charge >= 0.3 is 0 Å². The molecule has 0 spiro atoms. The number of rotatable bonds is 7. The van der Waals surface area contributed by atoms with Crippen LogP contribution in [0.4, 0.5) is 0 Å². The van der Waals surface area contributed by atoms with Crippen LogP contribution in [0.2, 0.25) is 5.02 Å². The van der Waals surface area contributed by atoms with Gasteiger partial charge < -0.3 is 5.32 Å². The predicted octanol–water partition coefficient (Wildman–Crippen LogP) is 3.80. The third kappa shape index (κ3) is 4.05. The van der Waals surface area contributed by atoms with E-state index in [9.17, 15) is 0 Å². The molecule has 4 nitrogen and oxygen atoms in total. The summed E-state index contributed by atoms with van der Waals surface area (Å²) in [7, 11) is 0. The maximum atomic E-state index is 6.37. The number of aromatic nitrogens is 3. The van der Waals surface area contributed by atoms with Crippen molar-refractivity contribution in [2.45, 2.75) is 45.7 Å². The summed E-state index contributed by atoms with van der Waals surface area (Å²) in [5.41, 5.74) is 2.38. The van der Waals surface area contributed by atoms with Gasteiger partial charge in [0.1, 0.15) is 0 Å². The van der Waals surface area contributed by atoms with Crippen LogP contribution in [0.15, 0.2) is 30.7 Å². The average molecular weight is 307 g/mol. The summed E-state index contributed by atoms with van der Waals surface area (Å²) >= 11 is 6.37. The molecular formula is C16H23ClN4. The maximum Gasteiger partial charge on any atom is 0.0834 e. The molecule has 2 aromatic heterocycles. The Labute approximate surface area is 131 Å². The fraction of sp³-hybridized carbons (Fsp3) is 0.500. The Morgan fingerprint density at radius 2 is 2.00 bits per heavy atom. The van der Waals surface area contributed by atoms with Gasteiger partial charge in [-0.3, -0.25) is 9.67 Å². The van der Waals surface area contributed by atoms with E-state index in [4.69, 9.17) is 11.6 Å². The first-order valence-electron chi connectivity index (χ1n) is 7.48. The summed E-state index contributed by atoms with van der Waals surface area (Å²) in [4.78, 5) is 4.06. The summed E-state index contributed by atoms with van der Waals surface area (Å²) in [6, 6.07) is 4.63. The number of hydrogen-bond donors (Lipinski definition) is 1. The summed E-state index contributed by atoms with van der Waals surface area (Å²) < 4.78 is 2.02. The molecule has 2 rings (SSSR count). The van der Waals surface area contributed by atoms with Crippen LogP contribution in [0.3, 0.4) is 0 Å². The number of pyridine rings is 1. The lowest BCUT2D eigenvalue weighted by molar-refractivity contribution is 0.434. The summed E-state index contributed by atoms with van der Waals surface area (Å²) in [5.74, 6) is 0. The SMILES string of the molecule is CCNC(CCc1ccncc1)c1c(Cl)cnn1C(C)C. The van der Waals surface area contributed by atoms with Crippen molar-refractivity contribution in [2.24, 2.45) is 0 Å². The minimum Gasteiger partial charge on any atom is -0.309 e. The van der Waals surface area contributed by atoms with Crippen molar-refractivity contribution in [3.63, 3.8) is 0 Å². The highest BCUT2D eigenvalue weighted by atomic mass is 35.5. The average Bonchev–Trinajstić information content (AvgIpc) is 2.86. The standard InChI is InChI=1S/C16H23ClN4/c1-4-19-15(6-5-13-7-9-18-10-8-13)16-14(17)11-20-21(16)12(2)3/h7-12,15,19H,4-6H2,1-3H3. The van der Waals surface area contributed by atoms with Crippen molar-refractivity contribution in [1.29, 1.82) is 0 Å². The molecule has 0 aliphatic carbocycles. The number of hydrogen-bond acceptors (Lipinski definition) is 3. The Morgan fingerprint density at radius 3 is 2.62 bits per heavy atom. The predicted molar refractivity (Wildman–Crippen MR) is 86.6 cm³/mol. The second-order valence-electron chi connectivity index (χ2n) is 5.42. The van der Waals surface area contributed by atoms with E-state index in [1.54, 1.807) is 6.20 Å². The molecule has 0 aromatic carbocycles. The fourth-order valence-corrected chi connectivity index (χ4v) is 2.79. The minimum absolute atomic E-state index is 0.209. The molecule has 0 amide bonds. The van der Waals surface area contributed by atoms with E-state index < -0.39 is 0 Å². The summed E-state index contributed by atoms with van der Waals surface area (Å²) in [5, 5.41) is 8.68. The minimum atomic E-state index is 0.209. The van der Waals surface area contributed by atoms with E-state index in [2.05, 4.69) is 48.3 Å². The second-order valence-corrected chi connectivity index (χ2v) is 5.83. The largest absolute Gasteiger partial charge is 0.309 e. The van der Waals surface area contributed by atoms with Gasteiger partial charge in [0.2, 0.25) is 0 Å². The highest BCUT2D eigenvalue weighted by Gasteiger charge is 2.20. The molecule has 0 aliphatic rings. The van der Waals surface area contributed by atoms with Crippen molar-refractivity contribution >= 4 is 11.6 Å². The van der Waals surface area contributed by atoms with Gasteiger partial charge in [-0.15, -0.1) is 0 Å². The van der Waals surface area contributed by atoms with Crippen LogP contribution in [0.1, 0.15) is 50.5 Å². The quantitative estimate of drug-likeness (QED) is 0.846. The van der Waals surface area contributed by atoms with Crippen LogP contribution in [-0.4, -0.2) is 21.3 Å². The van der Waals surface area contributed by atoms with E-state index >= 15 is 0 Å². The van der Waals surface area contributed by atoms with Gasteiger partial charge in [-0.1, -0.05) is 18.5 Å². The molecule has 0 fully saturated rings. The molecule has 2 heterocycles. The smallest absolute Gasteiger partial charge is 0.0834 e. The Hall–Kier alpha value is -1.39.